The van der Waals surface area contributed by atoms with E-state index >= 15 is 0 Å². The lowest BCUT2D eigenvalue weighted by molar-refractivity contribution is -0.168. The van der Waals surface area contributed by atoms with Gasteiger partial charge in [0.15, 0.2) is 5.41 Å². The van der Waals surface area contributed by atoms with Gasteiger partial charge in [-0.3, -0.25) is 9.59 Å². The molecule has 0 atom stereocenters. The molecule has 0 fully saturated rings. The molecule has 22 heavy (non-hydrogen) atoms. The van der Waals surface area contributed by atoms with Gasteiger partial charge in [-0.2, -0.15) is 0 Å². The van der Waals surface area contributed by atoms with Crippen LogP contribution in [0.5, 0.6) is 11.5 Å². The molecule has 1 aromatic carbocycles. The first kappa shape index (κ1) is 17.6. The van der Waals surface area contributed by atoms with Crippen LogP contribution in [0.4, 0.5) is 0 Å². The Hall–Kier alpha value is -2.50. The lowest BCUT2D eigenvalue weighted by Crippen LogP contribution is -2.39. The van der Waals surface area contributed by atoms with Crippen LogP contribution in [0.3, 0.4) is 0 Å². The second kappa shape index (κ2) is 7.49. The first-order chi connectivity index (χ1) is 10.4. The molecule has 1 rings (SSSR count). The zero-order valence-corrected chi connectivity index (χ0v) is 13.2. The van der Waals surface area contributed by atoms with Gasteiger partial charge in [-0.15, -0.1) is 0 Å². The quantitative estimate of drug-likeness (QED) is 0.437. The van der Waals surface area contributed by atoms with E-state index in [0.717, 1.165) is 0 Å². The summed E-state index contributed by atoms with van der Waals surface area (Å²) in [5.74, 6) is 0.0240. The predicted molar refractivity (Wildman–Crippen MR) is 79.5 cm³/mol. The summed E-state index contributed by atoms with van der Waals surface area (Å²) in [6.07, 6.45) is -0.0572. The molecule has 0 spiro atoms. The number of esters is 2. The number of benzene rings is 1. The summed E-state index contributed by atoms with van der Waals surface area (Å²) in [5.41, 5.74) is -1.51. The molecule has 0 aromatic heterocycles. The molecule has 0 aliphatic carbocycles. The van der Waals surface area contributed by atoms with Gasteiger partial charge in [-0.1, -0.05) is 6.58 Å². The fourth-order valence-corrected chi connectivity index (χ4v) is 1.92. The maximum Gasteiger partial charge on any atom is 0.323 e. The van der Waals surface area contributed by atoms with Crippen LogP contribution in [0, 0.1) is 5.41 Å². The van der Waals surface area contributed by atoms with Crippen molar-refractivity contribution < 1.29 is 28.5 Å². The molecule has 6 nitrogen and oxygen atoms in total. The average Bonchev–Trinajstić information content (AvgIpc) is 2.53. The van der Waals surface area contributed by atoms with E-state index < -0.39 is 17.4 Å². The summed E-state index contributed by atoms with van der Waals surface area (Å²) in [4.78, 5) is 23.7. The van der Waals surface area contributed by atoms with Crippen LogP contribution in [0.25, 0.3) is 0 Å². The number of hydrogen-bond acceptors (Lipinski definition) is 6. The van der Waals surface area contributed by atoms with E-state index in [4.69, 9.17) is 9.47 Å². The third-order valence-corrected chi connectivity index (χ3v) is 3.14. The number of allylic oxidation sites excluding steroid dienone is 1. The molecule has 6 heteroatoms. The highest BCUT2D eigenvalue weighted by molar-refractivity contribution is 5.99. The maximum absolute atomic E-state index is 11.9. The van der Waals surface area contributed by atoms with Gasteiger partial charge in [0, 0.05) is 6.42 Å². The van der Waals surface area contributed by atoms with E-state index in [9.17, 15) is 9.59 Å². The molecule has 1 aromatic rings. The number of ether oxygens (including phenoxy) is 4. The Bertz CT molecular complexity index is 530. The van der Waals surface area contributed by atoms with E-state index in [-0.39, 0.29) is 12.2 Å². The van der Waals surface area contributed by atoms with Gasteiger partial charge in [-0.25, -0.2) is 0 Å². The third kappa shape index (κ3) is 4.00. The van der Waals surface area contributed by atoms with E-state index in [1.807, 2.05) is 0 Å². The highest BCUT2D eigenvalue weighted by Crippen LogP contribution is 2.30. The smallest absolute Gasteiger partial charge is 0.323 e. The number of hydrogen-bond donors (Lipinski definition) is 0. The molecule has 0 unspecified atom stereocenters. The number of rotatable bonds is 7. The molecular weight excluding hydrogens is 288 g/mol. The lowest BCUT2D eigenvalue weighted by atomic mass is 9.86. The van der Waals surface area contributed by atoms with Crippen LogP contribution in [-0.2, 0) is 19.1 Å². The van der Waals surface area contributed by atoms with Gasteiger partial charge < -0.3 is 18.9 Å². The van der Waals surface area contributed by atoms with Gasteiger partial charge >= 0.3 is 11.9 Å². The van der Waals surface area contributed by atoms with Crippen molar-refractivity contribution in [2.75, 3.05) is 21.3 Å². The summed E-state index contributed by atoms with van der Waals surface area (Å²) in [5, 5.41) is 0. The molecule has 0 saturated carbocycles. The average molecular weight is 308 g/mol. The van der Waals surface area contributed by atoms with Crippen molar-refractivity contribution >= 4 is 11.9 Å². The molecule has 0 radical (unpaired) electrons. The second-order valence-electron chi connectivity index (χ2n) is 4.81. The summed E-state index contributed by atoms with van der Waals surface area (Å²) in [6.45, 7) is 5.17. The summed E-state index contributed by atoms with van der Waals surface area (Å²) in [7, 11) is 3.97. The Morgan fingerprint density at radius 2 is 1.45 bits per heavy atom. The van der Waals surface area contributed by atoms with Crippen LogP contribution in [0.15, 0.2) is 36.6 Å². The molecule has 0 aliphatic heterocycles. The van der Waals surface area contributed by atoms with Crippen LogP contribution < -0.4 is 9.47 Å². The maximum atomic E-state index is 11.9. The minimum atomic E-state index is -1.51. The van der Waals surface area contributed by atoms with Crippen LogP contribution in [0.1, 0.15) is 13.3 Å². The summed E-state index contributed by atoms with van der Waals surface area (Å²) >= 11 is 0. The predicted octanol–water partition coefficient (Wildman–Crippen LogP) is 2.33. The Morgan fingerprint density at radius 1 is 1.00 bits per heavy atom. The van der Waals surface area contributed by atoms with Crippen molar-refractivity contribution in [1.29, 1.82) is 0 Å². The first-order valence-corrected chi connectivity index (χ1v) is 6.54. The van der Waals surface area contributed by atoms with E-state index in [2.05, 4.69) is 16.1 Å². The van der Waals surface area contributed by atoms with Crippen molar-refractivity contribution in [1.82, 2.24) is 0 Å². The largest absolute Gasteiger partial charge is 0.497 e. The fourth-order valence-electron chi connectivity index (χ4n) is 1.92. The molecule has 0 heterocycles. The minimum absolute atomic E-state index is 0.0572. The fraction of sp³-hybridized carbons (Fsp3) is 0.375. The summed E-state index contributed by atoms with van der Waals surface area (Å²) in [6, 6.07) is 6.83. The molecule has 0 N–H and O–H groups in total. The van der Waals surface area contributed by atoms with Gasteiger partial charge in [0.2, 0.25) is 0 Å². The van der Waals surface area contributed by atoms with Gasteiger partial charge in [-0.05, 0) is 31.2 Å². The first-order valence-electron chi connectivity index (χ1n) is 6.54. The van der Waals surface area contributed by atoms with E-state index in [0.29, 0.717) is 11.5 Å². The van der Waals surface area contributed by atoms with Crippen LogP contribution >= 0.6 is 0 Å². The van der Waals surface area contributed by atoms with Gasteiger partial charge in [0.25, 0.3) is 0 Å². The van der Waals surface area contributed by atoms with Crippen LogP contribution in [-0.4, -0.2) is 33.3 Å². The minimum Gasteiger partial charge on any atom is -0.497 e. The number of carbonyl (C=O) groups is 2. The molecular formula is C16H20O6. The Labute approximate surface area is 129 Å². The SMILES string of the molecule is C=C(CC(C)(C(=O)OC)C(=O)OC)Oc1ccc(OC)cc1. The van der Waals surface area contributed by atoms with Crippen molar-refractivity contribution in [2.24, 2.45) is 5.41 Å². The Kier molecular flexibility index (Phi) is 5.98. The van der Waals surface area contributed by atoms with E-state index in [1.54, 1.807) is 31.4 Å². The molecule has 120 valence electrons. The lowest BCUT2D eigenvalue weighted by Gasteiger charge is -2.24. The zero-order valence-electron chi connectivity index (χ0n) is 13.2. The van der Waals surface area contributed by atoms with Crippen molar-refractivity contribution in [3.63, 3.8) is 0 Å². The molecule has 0 aliphatic rings. The topological polar surface area (TPSA) is 71.1 Å². The zero-order chi connectivity index (χ0) is 16.8. The number of carbonyl (C=O) groups excluding carboxylic acids is 2. The molecule has 0 bridgehead atoms. The highest BCUT2D eigenvalue weighted by atomic mass is 16.5. The van der Waals surface area contributed by atoms with Gasteiger partial charge in [0.1, 0.15) is 11.5 Å². The normalized spacial score (nSPS) is 10.5. The van der Waals surface area contributed by atoms with Crippen molar-refractivity contribution in [2.45, 2.75) is 13.3 Å². The Morgan fingerprint density at radius 3 is 1.86 bits per heavy atom. The second-order valence-corrected chi connectivity index (χ2v) is 4.81. The van der Waals surface area contributed by atoms with Gasteiger partial charge in [0.05, 0.1) is 27.1 Å². The standard InChI is InChI=1S/C16H20O6/c1-11(22-13-8-6-12(19-3)7-9-13)10-16(2,14(17)20-4)15(18)21-5/h6-9H,1,10H2,2-5H3. The van der Waals surface area contributed by atoms with Crippen LogP contribution in [0.2, 0.25) is 0 Å². The molecule has 0 amide bonds. The number of methoxy groups -OCH3 is 3. The molecule has 0 saturated heterocycles. The van der Waals surface area contributed by atoms with Crippen molar-refractivity contribution in [3.8, 4) is 11.5 Å². The van der Waals surface area contributed by atoms with Crippen molar-refractivity contribution in [3.05, 3.63) is 36.6 Å². The Balaban J connectivity index is 2.82. The monoisotopic (exact) mass is 308 g/mol. The van der Waals surface area contributed by atoms with E-state index in [1.165, 1.54) is 21.1 Å². The highest BCUT2D eigenvalue weighted by Gasteiger charge is 2.44. The third-order valence-electron chi connectivity index (χ3n) is 3.14. The summed E-state index contributed by atoms with van der Waals surface area (Å²) < 4.78 is 19.9.